The van der Waals surface area contributed by atoms with E-state index >= 15 is 0 Å². The van der Waals surface area contributed by atoms with Crippen LogP contribution in [0.4, 0.5) is 0 Å². The summed E-state index contributed by atoms with van der Waals surface area (Å²) in [7, 11) is 0. The Balaban J connectivity index is 2.54. The first-order chi connectivity index (χ1) is 6.88. The summed E-state index contributed by atoms with van der Waals surface area (Å²) in [6.07, 6.45) is 0.930. The van der Waals surface area contributed by atoms with Gasteiger partial charge >= 0.3 is 0 Å². The van der Waals surface area contributed by atoms with Gasteiger partial charge in [-0.3, -0.25) is 9.36 Å². The molecule has 3 heteroatoms. The van der Waals surface area contributed by atoms with Crippen LogP contribution in [0, 0.1) is 5.92 Å². The number of fused-ring (bicyclic) bond motifs is 1. The van der Waals surface area contributed by atoms with Gasteiger partial charge in [0, 0.05) is 24.4 Å². The molecule has 15 heavy (non-hydrogen) atoms. The maximum Gasteiger partial charge on any atom is 0.253 e. The molecule has 1 aliphatic rings. The molecule has 0 saturated heterocycles. The molecule has 0 N–H and O–H groups in total. The topological polar surface area (TPSA) is 34.9 Å². The third-order valence-corrected chi connectivity index (χ3v) is 2.88. The summed E-state index contributed by atoms with van der Waals surface area (Å²) in [6.45, 7) is 9.25. The molecule has 1 aromatic rings. The zero-order valence-corrected chi connectivity index (χ0v) is 9.87. The molecule has 0 aromatic carbocycles. The molecule has 0 bridgehead atoms. The van der Waals surface area contributed by atoms with E-state index in [4.69, 9.17) is 0 Å². The second kappa shape index (κ2) is 3.19. The van der Waals surface area contributed by atoms with Crippen molar-refractivity contribution >= 4 is 0 Å². The lowest BCUT2D eigenvalue weighted by molar-refractivity contribution is 0.546. The molecular weight excluding hydrogens is 188 g/mol. The van der Waals surface area contributed by atoms with Crippen molar-refractivity contribution < 1.29 is 0 Å². The van der Waals surface area contributed by atoms with E-state index in [-0.39, 0.29) is 11.0 Å². The molecule has 0 saturated carbocycles. The normalized spacial score (nSPS) is 20.4. The minimum absolute atomic E-state index is 0.0411. The van der Waals surface area contributed by atoms with Gasteiger partial charge in [-0.05, 0) is 5.92 Å². The average molecular weight is 206 g/mol. The standard InChI is InChI=1S/C12H18N2O/c1-8-5-10-13-9(12(2,3)4)6-11(15)14(10)7-8/h6,8H,5,7H2,1-4H3/t8-/m1/s1. The van der Waals surface area contributed by atoms with E-state index in [1.807, 2.05) is 0 Å². The molecule has 1 atom stereocenters. The summed E-state index contributed by atoms with van der Waals surface area (Å²) in [5.74, 6) is 1.50. The Labute approximate surface area is 90.2 Å². The third-order valence-electron chi connectivity index (χ3n) is 2.88. The lowest BCUT2D eigenvalue weighted by Crippen LogP contribution is -2.25. The number of rotatable bonds is 0. The van der Waals surface area contributed by atoms with Gasteiger partial charge in [0.25, 0.3) is 5.56 Å². The van der Waals surface area contributed by atoms with Crippen LogP contribution < -0.4 is 5.56 Å². The first kappa shape index (κ1) is 10.4. The molecule has 1 aromatic heterocycles. The number of hydrogen-bond donors (Lipinski definition) is 0. The molecule has 1 aliphatic heterocycles. The fourth-order valence-corrected chi connectivity index (χ4v) is 1.98. The van der Waals surface area contributed by atoms with Gasteiger partial charge < -0.3 is 0 Å². The molecule has 3 nitrogen and oxygen atoms in total. The summed E-state index contributed by atoms with van der Waals surface area (Å²) in [4.78, 5) is 16.4. The number of nitrogens with zero attached hydrogens (tertiary/aromatic N) is 2. The maximum atomic E-state index is 11.8. The van der Waals surface area contributed by atoms with Gasteiger partial charge in [0.05, 0.1) is 5.69 Å². The summed E-state index contributed by atoms with van der Waals surface area (Å²) < 4.78 is 1.81. The first-order valence-corrected chi connectivity index (χ1v) is 5.49. The highest BCUT2D eigenvalue weighted by atomic mass is 16.1. The van der Waals surface area contributed by atoms with Gasteiger partial charge in [-0.1, -0.05) is 27.7 Å². The minimum Gasteiger partial charge on any atom is -0.296 e. The van der Waals surface area contributed by atoms with E-state index in [0.29, 0.717) is 5.92 Å². The number of aromatic nitrogens is 2. The van der Waals surface area contributed by atoms with Gasteiger partial charge in [0.2, 0.25) is 0 Å². The van der Waals surface area contributed by atoms with Gasteiger partial charge in [0.1, 0.15) is 5.82 Å². The van der Waals surface area contributed by atoms with E-state index in [1.54, 1.807) is 10.6 Å². The highest BCUT2D eigenvalue weighted by molar-refractivity contribution is 5.15. The summed E-state index contributed by atoms with van der Waals surface area (Å²) in [5.41, 5.74) is 0.975. The van der Waals surface area contributed by atoms with Crippen LogP contribution in [0.2, 0.25) is 0 Å². The van der Waals surface area contributed by atoms with Crippen molar-refractivity contribution in [2.45, 2.75) is 46.1 Å². The summed E-state index contributed by atoms with van der Waals surface area (Å²) in [6, 6.07) is 1.68. The van der Waals surface area contributed by atoms with E-state index in [0.717, 1.165) is 24.5 Å². The van der Waals surface area contributed by atoms with Gasteiger partial charge in [-0.25, -0.2) is 4.98 Å². The highest BCUT2D eigenvalue weighted by Crippen LogP contribution is 2.22. The van der Waals surface area contributed by atoms with Gasteiger partial charge in [0.15, 0.2) is 0 Å². The van der Waals surface area contributed by atoms with Crippen LogP contribution in [0.15, 0.2) is 10.9 Å². The third kappa shape index (κ3) is 1.83. The Bertz CT molecular complexity index is 440. The molecular formula is C12H18N2O. The van der Waals surface area contributed by atoms with Crippen molar-refractivity contribution in [1.82, 2.24) is 9.55 Å². The average Bonchev–Trinajstić information content (AvgIpc) is 2.44. The first-order valence-electron chi connectivity index (χ1n) is 5.49. The van der Waals surface area contributed by atoms with E-state index in [9.17, 15) is 4.79 Å². The molecule has 82 valence electrons. The van der Waals surface area contributed by atoms with Gasteiger partial charge in [-0.15, -0.1) is 0 Å². The Morgan fingerprint density at radius 3 is 2.73 bits per heavy atom. The van der Waals surface area contributed by atoms with Crippen molar-refractivity contribution in [2.24, 2.45) is 5.92 Å². The Morgan fingerprint density at radius 2 is 2.13 bits per heavy atom. The quantitative estimate of drug-likeness (QED) is 0.648. The van der Waals surface area contributed by atoms with E-state index < -0.39 is 0 Å². The van der Waals surface area contributed by atoms with Crippen LogP contribution in [0.25, 0.3) is 0 Å². The van der Waals surface area contributed by atoms with Crippen molar-refractivity contribution in [2.75, 3.05) is 0 Å². The molecule has 2 heterocycles. The molecule has 0 spiro atoms. The van der Waals surface area contributed by atoms with Crippen LogP contribution in [-0.4, -0.2) is 9.55 Å². The smallest absolute Gasteiger partial charge is 0.253 e. The molecule has 0 amide bonds. The van der Waals surface area contributed by atoms with Crippen molar-refractivity contribution in [3.05, 3.63) is 27.9 Å². The minimum atomic E-state index is -0.0411. The Hall–Kier alpha value is -1.12. The molecule has 0 fully saturated rings. The van der Waals surface area contributed by atoms with Crippen molar-refractivity contribution in [3.63, 3.8) is 0 Å². The lowest BCUT2D eigenvalue weighted by Gasteiger charge is -2.18. The second-order valence-corrected chi connectivity index (χ2v) is 5.57. The van der Waals surface area contributed by atoms with Crippen LogP contribution in [-0.2, 0) is 18.4 Å². The van der Waals surface area contributed by atoms with Crippen molar-refractivity contribution in [3.8, 4) is 0 Å². The van der Waals surface area contributed by atoms with Crippen LogP contribution in [0.1, 0.15) is 39.2 Å². The maximum absolute atomic E-state index is 11.8. The van der Waals surface area contributed by atoms with Crippen LogP contribution >= 0.6 is 0 Å². The van der Waals surface area contributed by atoms with E-state index in [2.05, 4.69) is 32.7 Å². The predicted octanol–water partition coefficient (Wildman–Crippen LogP) is 1.73. The number of hydrogen-bond acceptors (Lipinski definition) is 2. The molecule has 0 radical (unpaired) electrons. The molecule has 2 rings (SSSR count). The second-order valence-electron chi connectivity index (χ2n) is 5.57. The SMILES string of the molecule is C[C@@H]1Cc2nc(C(C)(C)C)cc(=O)n2C1. The predicted molar refractivity (Wildman–Crippen MR) is 60.1 cm³/mol. The van der Waals surface area contributed by atoms with Crippen molar-refractivity contribution in [1.29, 1.82) is 0 Å². The molecule has 0 unspecified atom stereocenters. The largest absolute Gasteiger partial charge is 0.296 e. The highest BCUT2D eigenvalue weighted by Gasteiger charge is 2.24. The zero-order chi connectivity index (χ0) is 11.2. The Morgan fingerprint density at radius 1 is 1.47 bits per heavy atom. The Kier molecular flexibility index (Phi) is 2.21. The fourth-order valence-electron chi connectivity index (χ4n) is 1.98. The molecule has 0 aliphatic carbocycles. The lowest BCUT2D eigenvalue weighted by atomic mass is 9.92. The zero-order valence-electron chi connectivity index (χ0n) is 9.87. The van der Waals surface area contributed by atoms with Crippen LogP contribution in [0.5, 0.6) is 0 Å². The van der Waals surface area contributed by atoms with Crippen LogP contribution in [0.3, 0.4) is 0 Å². The van der Waals surface area contributed by atoms with E-state index in [1.165, 1.54) is 0 Å². The summed E-state index contributed by atoms with van der Waals surface area (Å²) in [5, 5.41) is 0. The summed E-state index contributed by atoms with van der Waals surface area (Å²) >= 11 is 0. The monoisotopic (exact) mass is 206 g/mol. The van der Waals surface area contributed by atoms with Gasteiger partial charge in [-0.2, -0.15) is 0 Å². The fraction of sp³-hybridized carbons (Fsp3) is 0.667.